The number of nitrogens with one attached hydrogen (secondary N) is 2. The van der Waals surface area contributed by atoms with Gasteiger partial charge in [-0.1, -0.05) is 18.2 Å². The van der Waals surface area contributed by atoms with Gasteiger partial charge in [-0.25, -0.2) is 0 Å². The molecule has 2 aromatic carbocycles. The van der Waals surface area contributed by atoms with Crippen LogP contribution in [0.25, 0.3) is 0 Å². The second kappa shape index (κ2) is 6.36. The average molecular weight is 324 g/mol. The van der Waals surface area contributed by atoms with Crippen molar-refractivity contribution in [2.75, 3.05) is 10.6 Å². The summed E-state index contributed by atoms with van der Waals surface area (Å²) in [5, 5.41) is 6.01. The average Bonchev–Trinajstić information content (AvgIpc) is 2.42. The molecule has 0 saturated heterocycles. The Labute approximate surface area is 132 Å². The third-order valence-corrected chi connectivity index (χ3v) is 3.29. The van der Waals surface area contributed by atoms with Gasteiger partial charge in [-0.05, 0) is 61.5 Å². The van der Waals surface area contributed by atoms with Crippen LogP contribution >= 0.6 is 12.2 Å². The maximum Gasteiger partial charge on any atom is 0.416 e. The van der Waals surface area contributed by atoms with Crippen molar-refractivity contribution in [3.8, 4) is 0 Å². The Morgan fingerprint density at radius 1 is 1.00 bits per heavy atom. The van der Waals surface area contributed by atoms with Gasteiger partial charge < -0.3 is 10.6 Å². The second-order valence-electron chi connectivity index (χ2n) is 4.98. The molecule has 0 atom stereocenters. The molecule has 116 valence electrons. The van der Waals surface area contributed by atoms with E-state index in [-0.39, 0.29) is 10.8 Å². The van der Waals surface area contributed by atoms with Gasteiger partial charge in [-0.3, -0.25) is 0 Å². The van der Waals surface area contributed by atoms with Crippen LogP contribution in [0.2, 0.25) is 0 Å². The molecular weight excluding hydrogens is 309 g/mol. The van der Waals surface area contributed by atoms with E-state index in [0.717, 1.165) is 28.9 Å². The van der Waals surface area contributed by atoms with Crippen LogP contribution in [0.1, 0.15) is 16.7 Å². The molecule has 2 N–H and O–H groups in total. The maximum absolute atomic E-state index is 12.7. The lowest BCUT2D eigenvalue weighted by atomic mass is 10.1. The Morgan fingerprint density at radius 2 is 1.73 bits per heavy atom. The molecule has 0 radical (unpaired) electrons. The number of rotatable bonds is 2. The highest BCUT2D eigenvalue weighted by Crippen LogP contribution is 2.30. The fourth-order valence-corrected chi connectivity index (χ4v) is 2.16. The number of benzene rings is 2. The fourth-order valence-electron chi connectivity index (χ4n) is 1.93. The van der Waals surface area contributed by atoms with Crippen LogP contribution in [-0.4, -0.2) is 5.11 Å². The van der Waals surface area contributed by atoms with Gasteiger partial charge in [0.25, 0.3) is 0 Å². The molecular formula is C16H15F3N2S. The Kier molecular flexibility index (Phi) is 4.71. The minimum absolute atomic E-state index is 0.244. The van der Waals surface area contributed by atoms with Crippen molar-refractivity contribution in [3.63, 3.8) is 0 Å². The first-order valence-corrected chi connectivity index (χ1v) is 6.99. The highest BCUT2D eigenvalue weighted by molar-refractivity contribution is 7.80. The molecule has 0 aliphatic carbocycles. The van der Waals surface area contributed by atoms with Gasteiger partial charge in [0.2, 0.25) is 0 Å². The fraction of sp³-hybridized carbons (Fsp3) is 0.188. The van der Waals surface area contributed by atoms with E-state index in [2.05, 4.69) is 10.6 Å². The van der Waals surface area contributed by atoms with E-state index in [0.29, 0.717) is 0 Å². The molecule has 0 bridgehead atoms. The van der Waals surface area contributed by atoms with Crippen LogP contribution in [0.4, 0.5) is 24.5 Å². The van der Waals surface area contributed by atoms with Crippen molar-refractivity contribution in [1.29, 1.82) is 0 Å². The SMILES string of the molecule is Cc1ccc(C)c(NC(=S)Nc2cccc(C(F)(F)F)c2)c1. The maximum atomic E-state index is 12.7. The molecule has 22 heavy (non-hydrogen) atoms. The molecule has 0 heterocycles. The Bertz CT molecular complexity index is 696. The summed E-state index contributed by atoms with van der Waals surface area (Å²) < 4.78 is 38.0. The van der Waals surface area contributed by atoms with Gasteiger partial charge in [0.1, 0.15) is 0 Å². The Morgan fingerprint density at radius 3 is 2.41 bits per heavy atom. The largest absolute Gasteiger partial charge is 0.416 e. The van der Waals surface area contributed by atoms with Gasteiger partial charge in [-0.2, -0.15) is 13.2 Å². The molecule has 0 aliphatic heterocycles. The lowest BCUT2D eigenvalue weighted by molar-refractivity contribution is -0.137. The highest BCUT2D eigenvalue weighted by Gasteiger charge is 2.30. The van der Waals surface area contributed by atoms with Crippen LogP contribution in [0.3, 0.4) is 0 Å². The Balaban J connectivity index is 2.11. The van der Waals surface area contributed by atoms with Crippen molar-refractivity contribution >= 4 is 28.7 Å². The van der Waals surface area contributed by atoms with Crippen molar-refractivity contribution in [3.05, 3.63) is 59.2 Å². The highest BCUT2D eigenvalue weighted by atomic mass is 32.1. The van der Waals surface area contributed by atoms with Crippen LogP contribution in [0.15, 0.2) is 42.5 Å². The smallest absolute Gasteiger partial charge is 0.332 e. The first-order valence-electron chi connectivity index (χ1n) is 6.58. The second-order valence-corrected chi connectivity index (χ2v) is 5.38. The normalized spacial score (nSPS) is 11.1. The van der Waals surface area contributed by atoms with Gasteiger partial charge in [0.05, 0.1) is 5.56 Å². The third-order valence-electron chi connectivity index (χ3n) is 3.09. The first-order chi connectivity index (χ1) is 10.3. The number of thiocarbonyl (C=S) groups is 1. The molecule has 6 heteroatoms. The number of alkyl halides is 3. The lowest BCUT2D eigenvalue weighted by Gasteiger charge is -2.14. The van der Waals surface area contributed by atoms with Gasteiger partial charge in [0, 0.05) is 11.4 Å². The Hall–Kier alpha value is -2.08. The van der Waals surface area contributed by atoms with E-state index in [9.17, 15) is 13.2 Å². The first kappa shape index (κ1) is 16.3. The third kappa shape index (κ3) is 4.21. The van der Waals surface area contributed by atoms with E-state index in [1.54, 1.807) is 0 Å². The van der Waals surface area contributed by atoms with Gasteiger partial charge in [0.15, 0.2) is 5.11 Å². The van der Waals surface area contributed by atoms with Crippen LogP contribution in [-0.2, 0) is 6.18 Å². The summed E-state index contributed by atoms with van der Waals surface area (Å²) in [4.78, 5) is 0. The molecule has 0 unspecified atom stereocenters. The summed E-state index contributed by atoms with van der Waals surface area (Å²) in [6, 6.07) is 10.8. The van der Waals surface area contributed by atoms with Gasteiger partial charge >= 0.3 is 6.18 Å². The zero-order valence-electron chi connectivity index (χ0n) is 12.1. The van der Waals surface area contributed by atoms with Crippen LogP contribution < -0.4 is 10.6 Å². The summed E-state index contributed by atoms with van der Waals surface area (Å²) in [7, 11) is 0. The summed E-state index contributed by atoms with van der Waals surface area (Å²) in [6.07, 6.45) is -4.38. The van der Waals surface area contributed by atoms with E-state index in [1.807, 2.05) is 32.0 Å². The monoisotopic (exact) mass is 324 g/mol. The predicted molar refractivity (Wildman–Crippen MR) is 87.2 cm³/mol. The molecule has 0 aliphatic rings. The van der Waals surface area contributed by atoms with Crippen LogP contribution in [0.5, 0.6) is 0 Å². The number of hydrogen-bond acceptors (Lipinski definition) is 1. The quantitative estimate of drug-likeness (QED) is 0.749. The molecule has 2 rings (SSSR count). The number of halogens is 3. The van der Waals surface area contributed by atoms with Crippen molar-refractivity contribution < 1.29 is 13.2 Å². The van der Waals surface area contributed by atoms with Crippen LogP contribution in [0, 0.1) is 13.8 Å². The molecule has 2 nitrogen and oxygen atoms in total. The zero-order chi connectivity index (χ0) is 16.3. The molecule has 0 aromatic heterocycles. The van der Waals surface area contributed by atoms with E-state index >= 15 is 0 Å². The molecule has 0 amide bonds. The van der Waals surface area contributed by atoms with E-state index in [1.165, 1.54) is 12.1 Å². The predicted octanol–water partition coefficient (Wildman–Crippen LogP) is 5.13. The zero-order valence-corrected chi connectivity index (χ0v) is 12.9. The summed E-state index contributed by atoms with van der Waals surface area (Å²) in [5.74, 6) is 0. The number of anilines is 2. The minimum atomic E-state index is -4.38. The molecule has 0 fully saturated rings. The van der Waals surface area contributed by atoms with Crippen molar-refractivity contribution in [2.45, 2.75) is 20.0 Å². The van der Waals surface area contributed by atoms with E-state index in [4.69, 9.17) is 12.2 Å². The molecule has 0 saturated carbocycles. The van der Waals surface area contributed by atoms with E-state index < -0.39 is 11.7 Å². The van der Waals surface area contributed by atoms with Crippen molar-refractivity contribution in [2.24, 2.45) is 0 Å². The minimum Gasteiger partial charge on any atom is -0.332 e. The van der Waals surface area contributed by atoms with Gasteiger partial charge in [-0.15, -0.1) is 0 Å². The van der Waals surface area contributed by atoms with Crippen molar-refractivity contribution in [1.82, 2.24) is 0 Å². The molecule has 2 aromatic rings. The standard InChI is InChI=1S/C16H15F3N2S/c1-10-6-7-11(2)14(8-10)21-15(22)20-13-5-3-4-12(9-13)16(17,18)19/h3-9H,1-2H3,(H2,20,21,22). The topological polar surface area (TPSA) is 24.1 Å². The number of aryl methyl sites for hydroxylation is 2. The summed E-state index contributed by atoms with van der Waals surface area (Å²) in [5.41, 5.74) is 2.46. The summed E-state index contributed by atoms with van der Waals surface area (Å²) >= 11 is 5.15. The number of hydrogen-bond donors (Lipinski definition) is 2. The molecule has 0 spiro atoms. The summed E-state index contributed by atoms with van der Waals surface area (Å²) in [6.45, 7) is 3.88. The lowest BCUT2D eigenvalue weighted by Crippen LogP contribution is -2.20.